The first-order valence-electron chi connectivity index (χ1n) is 8.47. The molecule has 0 bridgehead atoms. The molecular weight excluding hydrogens is 255 g/mol. The van der Waals surface area contributed by atoms with Crippen LogP contribution in [-0.4, -0.2) is 28.3 Å². The predicted molar refractivity (Wildman–Crippen MR) is 89.2 cm³/mol. The third-order valence-corrected chi connectivity index (χ3v) is 8.13. The average Bonchev–Trinajstić information content (AvgIpc) is 2.36. The van der Waals surface area contributed by atoms with Crippen LogP contribution in [0.15, 0.2) is 0 Å². The van der Waals surface area contributed by atoms with E-state index in [0.29, 0.717) is 18.5 Å². The van der Waals surface area contributed by atoms with Gasteiger partial charge in [-0.2, -0.15) is 0 Å². The molecule has 19 heavy (non-hydrogen) atoms. The molecule has 0 aromatic rings. The van der Waals surface area contributed by atoms with Crippen molar-refractivity contribution in [1.82, 2.24) is 0 Å². The van der Waals surface area contributed by atoms with Crippen LogP contribution >= 0.6 is 7.06 Å². The van der Waals surface area contributed by atoms with Crippen molar-refractivity contribution < 1.29 is 9.79 Å². The Balaban J connectivity index is 4.31. The first-order valence-corrected chi connectivity index (χ1v) is 11.2. The molecule has 0 aliphatic heterocycles. The molecule has 0 aliphatic carbocycles. The summed E-state index contributed by atoms with van der Waals surface area (Å²) in [6.45, 7) is 6.53. The molecule has 0 saturated carbocycles. The van der Waals surface area contributed by atoms with Crippen LogP contribution in [0.5, 0.6) is 0 Å². The SMILES string of the molecule is CCCCCCP(O)(O)(CCCCC)CCCCC. The summed E-state index contributed by atoms with van der Waals surface area (Å²) in [6, 6.07) is 0. The monoisotopic (exact) mass is 292 g/mol. The molecule has 0 spiro atoms. The van der Waals surface area contributed by atoms with Crippen molar-refractivity contribution in [1.29, 1.82) is 0 Å². The molecule has 118 valence electrons. The van der Waals surface area contributed by atoms with Gasteiger partial charge in [-0.05, 0) is 0 Å². The third kappa shape index (κ3) is 9.82. The van der Waals surface area contributed by atoms with E-state index in [0.717, 1.165) is 51.4 Å². The van der Waals surface area contributed by atoms with Crippen LogP contribution in [-0.2, 0) is 0 Å². The van der Waals surface area contributed by atoms with E-state index in [2.05, 4.69) is 20.8 Å². The summed E-state index contributed by atoms with van der Waals surface area (Å²) in [5.41, 5.74) is 0. The van der Waals surface area contributed by atoms with Crippen LogP contribution < -0.4 is 0 Å². The molecule has 0 amide bonds. The van der Waals surface area contributed by atoms with Crippen molar-refractivity contribution >= 4 is 7.06 Å². The normalized spacial score (nSPS) is 14.3. The Hall–Kier alpha value is 0.350. The van der Waals surface area contributed by atoms with Crippen molar-refractivity contribution in [2.24, 2.45) is 0 Å². The van der Waals surface area contributed by atoms with E-state index in [1.165, 1.54) is 12.8 Å². The van der Waals surface area contributed by atoms with E-state index in [1.807, 2.05) is 0 Å². The van der Waals surface area contributed by atoms with Gasteiger partial charge in [-0.15, -0.1) is 0 Å². The standard InChI is InChI=1S/C16H37O2P/c1-4-7-10-13-16-19(17,18,14-11-8-5-2)15-12-9-6-3/h17-18H,4-16H2,1-3H3. The molecule has 2 nitrogen and oxygen atoms in total. The second kappa shape index (κ2) is 10.1. The predicted octanol–water partition coefficient (Wildman–Crippen LogP) is 5.32. The second-order valence-corrected chi connectivity index (χ2v) is 10.8. The van der Waals surface area contributed by atoms with E-state index < -0.39 is 7.06 Å². The minimum atomic E-state index is -3.35. The van der Waals surface area contributed by atoms with Crippen molar-refractivity contribution in [3.8, 4) is 0 Å². The number of hydrogen-bond acceptors (Lipinski definition) is 2. The van der Waals surface area contributed by atoms with Gasteiger partial charge in [-0.3, -0.25) is 0 Å². The van der Waals surface area contributed by atoms with Crippen LogP contribution in [0.2, 0.25) is 0 Å². The zero-order chi connectivity index (χ0) is 14.6. The molecule has 0 atom stereocenters. The van der Waals surface area contributed by atoms with Gasteiger partial charge in [0.25, 0.3) is 0 Å². The van der Waals surface area contributed by atoms with E-state index in [1.54, 1.807) is 0 Å². The van der Waals surface area contributed by atoms with Gasteiger partial charge >= 0.3 is 120 Å². The summed E-state index contributed by atoms with van der Waals surface area (Å²) in [6.07, 6.45) is 13.1. The van der Waals surface area contributed by atoms with Gasteiger partial charge in [-0.1, -0.05) is 0 Å². The van der Waals surface area contributed by atoms with Gasteiger partial charge in [0.05, 0.1) is 0 Å². The number of rotatable bonds is 13. The summed E-state index contributed by atoms with van der Waals surface area (Å²) in [5, 5.41) is 0. The first-order chi connectivity index (χ1) is 8.96. The van der Waals surface area contributed by atoms with Gasteiger partial charge in [0.2, 0.25) is 0 Å². The van der Waals surface area contributed by atoms with Crippen molar-refractivity contribution in [2.45, 2.75) is 85.0 Å². The first kappa shape index (κ1) is 19.4. The molecule has 0 aromatic heterocycles. The summed E-state index contributed by atoms with van der Waals surface area (Å²) in [4.78, 5) is 21.8. The van der Waals surface area contributed by atoms with Crippen molar-refractivity contribution in [3.05, 3.63) is 0 Å². The molecule has 3 heteroatoms. The van der Waals surface area contributed by atoms with E-state index in [9.17, 15) is 9.79 Å². The summed E-state index contributed by atoms with van der Waals surface area (Å²) in [7, 11) is -3.35. The molecule has 0 fully saturated rings. The Morgan fingerprint density at radius 1 is 0.526 bits per heavy atom. The van der Waals surface area contributed by atoms with Gasteiger partial charge in [-0.25, -0.2) is 0 Å². The topological polar surface area (TPSA) is 40.5 Å². The zero-order valence-corrected chi connectivity index (χ0v) is 14.4. The maximum absolute atomic E-state index is 10.9. The molecule has 0 saturated heterocycles. The maximum atomic E-state index is 10.9. The van der Waals surface area contributed by atoms with Crippen molar-refractivity contribution in [2.75, 3.05) is 18.5 Å². The zero-order valence-electron chi connectivity index (χ0n) is 13.5. The molecule has 2 N–H and O–H groups in total. The van der Waals surface area contributed by atoms with Crippen LogP contribution in [0.4, 0.5) is 0 Å². The van der Waals surface area contributed by atoms with Crippen LogP contribution in [0.25, 0.3) is 0 Å². The molecule has 0 rings (SSSR count). The molecule has 0 heterocycles. The second-order valence-electron chi connectivity index (χ2n) is 6.25. The minimum absolute atomic E-state index is 0.676. The Kier molecular flexibility index (Phi) is 10.3. The van der Waals surface area contributed by atoms with E-state index >= 15 is 0 Å². The fraction of sp³-hybridized carbons (Fsp3) is 1.00. The molecule has 0 radical (unpaired) electrons. The van der Waals surface area contributed by atoms with Gasteiger partial charge in [0.15, 0.2) is 0 Å². The fourth-order valence-electron chi connectivity index (χ4n) is 2.69. The van der Waals surface area contributed by atoms with Crippen LogP contribution in [0, 0.1) is 0 Å². The third-order valence-electron chi connectivity index (χ3n) is 4.08. The molecule has 0 aliphatic rings. The Morgan fingerprint density at radius 3 is 1.21 bits per heavy atom. The van der Waals surface area contributed by atoms with Gasteiger partial charge in [0.1, 0.15) is 0 Å². The van der Waals surface area contributed by atoms with Crippen LogP contribution in [0.3, 0.4) is 0 Å². The number of unbranched alkanes of at least 4 members (excludes halogenated alkanes) is 7. The van der Waals surface area contributed by atoms with Gasteiger partial charge in [0, 0.05) is 0 Å². The Morgan fingerprint density at radius 2 is 0.842 bits per heavy atom. The fourth-order valence-corrected chi connectivity index (χ4v) is 6.22. The van der Waals surface area contributed by atoms with Crippen molar-refractivity contribution in [3.63, 3.8) is 0 Å². The Labute approximate surface area is 121 Å². The number of hydrogen-bond donors (Lipinski definition) is 2. The quantitative estimate of drug-likeness (QED) is 0.356. The molecular formula is C16H37O2P. The average molecular weight is 292 g/mol. The van der Waals surface area contributed by atoms with E-state index in [-0.39, 0.29) is 0 Å². The summed E-state index contributed by atoms with van der Waals surface area (Å²) >= 11 is 0. The Bertz CT molecular complexity index is 203. The molecule has 0 aromatic carbocycles. The van der Waals surface area contributed by atoms with E-state index in [4.69, 9.17) is 0 Å². The van der Waals surface area contributed by atoms with Gasteiger partial charge < -0.3 is 0 Å². The molecule has 0 unspecified atom stereocenters. The summed E-state index contributed by atoms with van der Waals surface area (Å²) in [5.74, 6) is 0. The van der Waals surface area contributed by atoms with Crippen LogP contribution in [0.1, 0.15) is 85.0 Å². The summed E-state index contributed by atoms with van der Waals surface area (Å²) < 4.78 is 0.